The lowest BCUT2D eigenvalue weighted by molar-refractivity contribution is -0.123. The van der Waals surface area contributed by atoms with Crippen molar-refractivity contribution in [2.24, 2.45) is 0 Å². The number of carbonyl (C=O) groups is 1. The normalized spacial score (nSPS) is 15.7. The third kappa shape index (κ3) is 2.54. The molecule has 3 nitrogen and oxygen atoms in total. The van der Waals surface area contributed by atoms with Crippen LogP contribution in [0.2, 0.25) is 5.02 Å². The van der Waals surface area contributed by atoms with Crippen LogP contribution in [0.1, 0.15) is 18.4 Å². The molecule has 102 valence electrons. The number of hydrogen-bond acceptors (Lipinski definition) is 3. The molecule has 0 saturated heterocycles. The van der Waals surface area contributed by atoms with Crippen LogP contribution in [0, 0.1) is 0 Å². The molecule has 0 radical (unpaired) electrons. The summed E-state index contributed by atoms with van der Waals surface area (Å²) in [5, 5.41) is 0.682. The molecule has 0 aliphatic heterocycles. The quantitative estimate of drug-likeness (QED) is 0.846. The van der Waals surface area contributed by atoms with Gasteiger partial charge in [-0.15, -0.1) is 0 Å². The average molecular weight is 288 g/mol. The summed E-state index contributed by atoms with van der Waals surface area (Å²) < 4.78 is 5.45. The molecule has 1 aromatic heterocycles. The topological polar surface area (TPSA) is 39.2 Å². The molecule has 0 amide bonds. The second kappa shape index (κ2) is 5.25. The number of ether oxygens (including phenoxy) is 1. The molecule has 1 aromatic carbocycles. The third-order valence-corrected chi connectivity index (χ3v) is 3.92. The maximum absolute atomic E-state index is 12.4. The van der Waals surface area contributed by atoms with Gasteiger partial charge in [-0.25, -0.2) is 4.98 Å². The molecule has 0 bridgehead atoms. The lowest BCUT2D eigenvalue weighted by Gasteiger charge is -2.14. The Morgan fingerprint density at radius 1 is 1.20 bits per heavy atom. The van der Waals surface area contributed by atoms with Gasteiger partial charge in [-0.3, -0.25) is 4.79 Å². The van der Waals surface area contributed by atoms with Crippen LogP contribution in [-0.2, 0) is 10.2 Å². The molecule has 0 spiro atoms. The summed E-state index contributed by atoms with van der Waals surface area (Å²) in [6.45, 7) is 0.0552. The van der Waals surface area contributed by atoms with E-state index in [4.69, 9.17) is 16.3 Å². The molecule has 1 aliphatic carbocycles. The number of Topliss-reactive ketones (excluding diaryl/α,β-unsaturated/α-hetero) is 1. The van der Waals surface area contributed by atoms with Crippen LogP contribution in [0.25, 0.3) is 0 Å². The van der Waals surface area contributed by atoms with Crippen molar-refractivity contribution < 1.29 is 9.53 Å². The van der Waals surface area contributed by atoms with Crippen LogP contribution in [0.5, 0.6) is 5.88 Å². The van der Waals surface area contributed by atoms with Crippen molar-refractivity contribution >= 4 is 17.4 Å². The maximum atomic E-state index is 12.4. The first-order valence-corrected chi connectivity index (χ1v) is 6.92. The Hall–Kier alpha value is -1.87. The number of aromatic nitrogens is 1. The number of carbonyl (C=O) groups excluding carboxylic acids is 1. The van der Waals surface area contributed by atoms with Crippen LogP contribution in [0.3, 0.4) is 0 Å². The van der Waals surface area contributed by atoms with Crippen LogP contribution in [0.15, 0.2) is 48.7 Å². The molecule has 1 fully saturated rings. The highest BCUT2D eigenvalue weighted by molar-refractivity contribution is 6.30. The Balaban J connectivity index is 1.69. The summed E-state index contributed by atoms with van der Waals surface area (Å²) >= 11 is 5.89. The molecule has 1 saturated carbocycles. The molecule has 3 rings (SSSR count). The fourth-order valence-electron chi connectivity index (χ4n) is 2.33. The minimum Gasteiger partial charge on any atom is -0.470 e. The Kier molecular flexibility index (Phi) is 3.45. The van der Waals surface area contributed by atoms with E-state index in [0.29, 0.717) is 10.9 Å². The van der Waals surface area contributed by atoms with E-state index >= 15 is 0 Å². The summed E-state index contributed by atoms with van der Waals surface area (Å²) in [7, 11) is 0. The zero-order chi connectivity index (χ0) is 14.0. The fraction of sp³-hybridized carbons (Fsp3) is 0.250. The van der Waals surface area contributed by atoms with E-state index in [-0.39, 0.29) is 17.8 Å². The molecule has 20 heavy (non-hydrogen) atoms. The maximum Gasteiger partial charge on any atom is 0.213 e. The predicted molar refractivity (Wildman–Crippen MR) is 77.1 cm³/mol. The van der Waals surface area contributed by atoms with Gasteiger partial charge >= 0.3 is 0 Å². The van der Waals surface area contributed by atoms with E-state index in [9.17, 15) is 4.79 Å². The molecule has 2 aromatic rings. The van der Waals surface area contributed by atoms with Crippen molar-refractivity contribution in [3.8, 4) is 5.88 Å². The number of hydrogen-bond donors (Lipinski definition) is 0. The van der Waals surface area contributed by atoms with Crippen molar-refractivity contribution in [3.63, 3.8) is 0 Å². The van der Waals surface area contributed by atoms with Crippen molar-refractivity contribution in [2.75, 3.05) is 6.61 Å². The highest BCUT2D eigenvalue weighted by atomic mass is 35.5. The molecule has 4 heteroatoms. The monoisotopic (exact) mass is 287 g/mol. The predicted octanol–water partition coefficient (Wildman–Crippen LogP) is 3.41. The van der Waals surface area contributed by atoms with Gasteiger partial charge in [0.2, 0.25) is 5.88 Å². The van der Waals surface area contributed by atoms with Gasteiger partial charge < -0.3 is 4.74 Å². The van der Waals surface area contributed by atoms with E-state index in [1.807, 2.05) is 36.4 Å². The summed E-state index contributed by atoms with van der Waals surface area (Å²) in [6, 6.07) is 12.9. The molecule has 0 unspecified atom stereocenters. The number of halogens is 1. The Morgan fingerprint density at radius 3 is 2.55 bits per heavy atom. The first kappa shape index (κ1) is 13.1. The summed E-state index contributed by atoms with van der Waals surface area (Å²) in [5.74, 6) is 0.582. The Labute approximate surface area is 122 Å². The van der Waals surface area contributed by atoms with Crippen molar-refractivity contribution in [1.82, 2.24) is 4.98 Å². The largest absolute Gasteiger partial charge is 0.470 e. The van der Waals surface area contributed by atoms with Crippen molar-refractivity contribution in [2.45, 2.75) is 18.3 Å². The van der Waals surface area contributed by atoms with Crippen LogP contribution in [0.4, 0.5) is 0 Å². The molecular formula is C16H14ClNO2. The van der Waals surface area contributed by atoms with Gasteiger partial charge in [0.1, 0.15) is 6.61 Å². The lowest BCUT2D eigenvalue weighted by Crippen LogP contribution is -2.26. The second-order valence-electron chi connectivity index (χ2n) is 4.97. The summed E-state index contributed by atoms with van der Waals surface area (Å²) in [4.78, 5) is 16.4. The Morgan fingerprint density at radius 2 is 1.95 bits per heavy atom. The first-order valence-electron chi connectivity index (χ1n) is 6.54. The molecule has 0 N–H and O–H groups in total. The van der Waals surface area contributed by atoms with E-state index in [2.05, 4.69) is 4.98 Å². The number of pyridine rings is 1. The molecule has 1 heterocycles. The third-order valence-electron chi connectivity index (χ3n) is 3.67. The average Bonchev–Trinajstić information content (AvgIpc) is 3.28. The summed E-state index contributed by atoms with van der Waals surface area (Å²) in [5.41, 5.74) is 0.649. The van der Waals surface area contributed by atoms with Crippen molar-refractivity contribution in [1.29, 1.82) is 0 Å². The zero-order valence-electron chi connectivity index (χ0n) is 10.9. The van der Waals surface area contributed by atoms with Gasteiger partial charge in [0, 0.05) is 17.3 Å². The number of benzene rings is 1. The van der Waals surface area contributed by atoms with E-state index in [1.165, 1.54) is 0 Å². The van der Waals surface area contributed by atoms with Gasteiger partial charge in [0.25, 0.3) is 0 Å². The van der Waals surface area contributed by atoms with Crippen LogP contribution >= 0.6 is 11.6 Å². The van der Waals surface area contributed by atoms with Crippen molar-refractivity contribution in [3.05, 3.63) is 59.2 Å². The van der Waals surface area contributed by atoms with Gasteiger partial charge in [-0.1, -0.05) is 29.8 Å². The number of rotatable bonds is 5. The van der Waals surface area contributed by atoms with Gasteiger partial charge in [-0.05, 0) is 36.6 Å². The van der Waals surface area contributed by atoms with Gasteiger partial charge in [0.15, 0.2) is 5.78 Å². The minimum absolute atomic E-state index is 0.0552. The second-order valence-corrected chi connectivity index (χ2v) is 5.41. The van der Waals surface area contributed by atoms with E-state index < -0.39 is 0 Å². The smallest absolute Gasteiger partial charge is 0.213 e. The summed E-state index contributed by atoms with van der Waals surface area (Å²) in [6.07, 6.45) is 3.39. The number of ketones is 1. The zero-order valence-corrected chi connectivity index (χ0v) is 11.6. The highest BCUT2D eigenvalue weighted by Crippen LogP contribution is 2.49. The highest BCUT2D eigenvalue weighted by Gasteiger charge is 2.50. The van der Waals surface area contributed by atoms with Crippen LogP contribution in [-0.4, -0.2) is 17.4 Å². The lowest BCUT2D eigenvalue weighted by atomic mass is 9.92. The van der Waals surface area contributed by atoms with Gasteiger partial charge in [0.05, 0.1) is 5.41 Å². The molecule has 1 aliphatic rings. The van der Waals surface area contributed by atoms with E-state index in [1.54, 1.807) is 12.3 Å². The fourth-order valence-corrected chi connectivity index (χ4v) is 2.46. The molecule has 0 atom stereocenters. The minimum atomic E-state index is -0.376. The number of nitrogens with zero attached hydrogens (tertiary/aromatic N) is 1. The molecular weight excluding hydrogens is 274 g/mol. The standard InChI is InChI=1S/C16H14ClNO2/c17-13-6-4-12(5-7-13)16(8-9-16)14(19)11-20-15-3-1-2-10-18-15/h1-7,10H,8-9,11H2. The SMILES string of the molecule is O=C(COc1ccccn1)C1(c2ccc(Cl)cc2)CC1. The van der Waals surface area contributed by atoms with Gasteiger partial charge in [-0.2, -0.15) is 0 Å². The van der Waals surface area contributed by atoms with E-state index in [0.717, 1.165) is 18.4 Å². The van der Waals surface area contributed by atoms with Crippen LogP contribution < -0.4 is 4.74 Å². The Bertz CT molecular complexity index is 606. The first-order chi connectivity index (χ1) is 9.71.